The van der Waals surface area contributed by atoms with Gasteiger partial charge in [-0.05, 0) is 18.6 Å². The molecule has 0 unspecified atom stereocenters. The maximum absolute atomic E-state index is 12.5. The van der Waals surface area contributed by atoms with Crippen LogP contribution in [0.15, 0.2) is 42.7 Å². The van der Waals surface area contributed by atoms with Crippen LogP contribution < -0.4 is 4.90 Å². The van der Waals surface area contributed by atoms with E-state index in [1.54, 1.807) is 35.1 Å². The molecule has 0 fully saturated rings. The van der Waals surface area contributed by atoms with Gasteiger partial charge in [-0.25, -0.2) is 0 Å². The monoisotopic (exact) mass is 287 g/mol. The van der Waals surface area contributed by atoms with Gasteiger partial charge in [0.25, 0.3) is 5.91 Å². The van der Waals surface area contributed by atoms with Crippen molar-refractivity contribution in [2.75, 3.05) is 11.4 Å². The maximum Gasteiger partial charge on any atom is 0.323 e. The minimum Gasteiger partial charge on any atom is -0.480 e. The Labute approximate surface area is 122 Å². The Morgan fingerprint density at radius 2 is 2.00 bits per heavy atom. The van der Waals surface area contributed by atoms with E-state index in [0.717, 1.165) is 13.0 Å². The Morgan fingerprint density at radius 1 is 1.29 bits per heavy atom. The molecule has 1 amide bonds. The summed E-state index contributed by atoms with van der Waals surface area (Å²) in [5.41, 5.74) is 0.932. The topological polar surface area (TPSA) is 75.4 Å². The number of hydrogen-bond donors (Lipinski definition) is 1. The van der Waals surface area contributed by atoms with E-state index in [9.17, 15) is 9.59 Å². The number of aliphatic carboxylic acids is 1. The van der Waals surface area contributed by atoms with Gasteiger partial charge in [0.05, 0.1) is 11.8 Å². The number of benzene rings is 1. The summed E-state index contributed by atoms with van der Waals surface area (Å²) in [5, 5.41) is 13.1. The van der Waals surface area contributed by atoms with Crippen LogP contribution in [0.25, 0.3) is 0 Å². The first-order chi connectivity index (χ1) is 10.1. The van der Waals surface area contributed by atoms with Crippen molar-refractivity contribution in [3.8, 4) is 0 Å². The molecule has 1 N–H and O–H groups in total. The average molecular weight is 287 g/mol. The Bertz CT molecular complexity index is 622. The molecule has 21 heavy (non-hydrogen) atoms. The van der Waals surface area contributed by atoms with E-state index >= 15 is 0 Å². The third-order valence-electron chi connectivity index (χ3n) is 2.94. The van der Waals surface area contributed by atoms with Gasteiger partial charge in [0, 0.05) is 18.4 Å². The van der Waals surface area contributed by atoms with Gasteiger partial charge in [-0.2, -0.15) is 5.10 Å². The van der Waals surface area contributed by atoms with Crippen molar-refractivity contribution < 1.29 is 14.7 Å². The Balaban J connectivity index is 2.27. The molecule has 6 nitrogen and oxygen atoms in total. The molecular formula is C15H17N3O3. The molecule has 0 aliphatic heterocycles. The number of rotatable bonds is 6. The summed E-state index contributed by atoms with van der Waals surface area (Å²) >= 11 is 0. The number of aromatic nitrogens is 2. The SMILES string of the molecule is CCCn1cc(C(=O)N(CC(=O)O)c2ccccc2)cn1. The van der Waals surface area contributed by atoms with Crippen molar-refractivity contribution in [2.24, 2.45) is 0 Å². The highest BCUT2D eigenvalue weighted by molar-refractivity contribution is 6.07. The van der Waals surface area contributed by atoms with Crippen LogP contribution in [0.1, 0.15) is 23.7 Å². The van der Waals surface area contributed by atoms with Crippen LogP contribution in [0.3, 0.4) is 0 Å². The molecule has 2 aromatic rings. The lowest BCUT2D eigenvalue weighted by molar-refractivity contribution is -0.135. The molecule has 0 spiro atoms. The molecule has 6 heteroatoms. The fourth-order valence-corrected chi connectivity index (χ4v) is 2.00. The summed E-state index contributed by atoms with van der Waals surface area (Å²) < 4.78 is 1.68. The van der Waals surface area contributed by atoms with Crippen LogP contribution >= 0.6 is 0 Å². The summed E-state index contributed by atoms with van der Waals surface area (Å²) in [5.74, 6) is -1.43. The minimum absolute atomic E-state index is 0.369. The number of para-hydroxylation sites is 1. The van der Waals surface area contributed by atoms with E-state index in [-0.39, 0.29) is 12.5 Å². The van der Waals surface area contributed by atoms with Crippen LogP contribution in [-0.2, 0) is 11.3 Å². The second-order valence-corrected chi connectivity index (χ2v) is 4.61. The summed E-state index contributed by atoms with van der Waals surface area (Å²) in [6.07, 6.45) is 4.02. The molecule has 0 saturated heterocycles. The molecule has 0 bridgehead atoms. The van der Waals surface area contributed by atoms with Gasteiger partial charge in [-0.15, -0.1) is 0 Å². The fraction of sp³-hybridized carbons (Fsp3) is 0.267. The summed E-state index contributed by atoms with van der Waals surface area (Å²) in [6, 6.07) is 8.75. The van der Waals surface area contributed by atoms with E-state index in [4.69, 9.17) is 5.11 Å². The number of nitrogens with zero attached hydrogens (tertiary/aromatic N) is 3. The molecule has 110 valence electrons. The fourth-order valence-electron chi connectivity index (χ4n) is 2.00. The number of hydrogen-bond acceptors (Lipinski definition) is 3. The van der Waals surface area contributed by atoms with Gasteiger partial charge in [-0.1, -0.05) is 25.1 Å². The molecule has 1 aromatic heterocycles. The summed E-state index contributed by atoms with van der Waals surface area (Å²) in [6.45, 7) is 2.35. The lowest BCUT2D eigenvalue weighted by Gasteiger charge is -2.20. The molecule has 1 heterocycles. The predicted molar refractivity (Wildman–Crippen MR) is 78.3 cm³/mol. The van der Waals surface area contributed by atoms with Crippen LogP contribution in [0, 0.1) is 0 Å². The van der Waals surface area contributed by atoms with E-state index < -0.39 is 5.97 Å². The standard InChI is InChI=1S/C15H17N3O3/c1-2-8-17-10-12(9-16-17)15(21)18(11-14(19)20)13-6-4-3-5-7-13/h3-7,9-10H,2,8,11H2,1H3,(H,19,20). The average Bonchev–Trinajstić information content (AvgIpc) is 2.94. The highest BCUT2D eigenvalue weighted by atomic mass is 16.4. The first kappa shape index (κ1) is 14.8. The van der Waals surface area contributed by atoms with E-state index in [1.807, 2.05) is 13.0 Å². The lowest BCUT2D eigenvalue weighted by Crippen LogP contribution is -2.35. The lowest BCUT2D eigenvalue weighted by atomic mass is 10.2. The minimum atomic E-state index is -1.06. The molecule has 2 rings (SSSR count). The van der Waals surface area contributed by atoms with Crippen molar-refractivity contribution in [1.82, 2.24) is 9.78 Å². The Kier molecular flexibility index (Phi) is 4.71. The second kappa shape index (κ2) is 6.69. The largest absolute Gasteiger partial charge is 0.480 e. The van der Waals surface area contributed by atoms with Crippen molar-refractivity contribution >= 4 is 17.6 Å². The molecule has 0 aliphatic carbocycles. The van der Waals surface area contributed by atoms with Crippen molar-refractivity contribution in [3.05, 3.63) is 48.3 Å². The van der Waals surface area contributed by atoms with Crippen molar-refractivity contribution in [2.45, 2.75) is 19.9 Å². The van der Waals surface area contributed by atoms with Crippen LogP contribution in [-0.4, -0.2) is 33.3 Å². The number of amides is 1. The molecule has 0 aliphatic rings. The Hall–Kier alpha value is -2.63. The highest BCUT2D eigenvalue weighted by Crippen LogP contribution is 2.16. The third-order valence-corrected chi connectivity index (χ3v) is 2.94. The first-order valence-electron chi connectivity index (χ1n) is 6.73. The normalized spacial score (nSPS) is 10.3. The summed E-state index contributed by atoms with van der Waals surface area (Å²) in [4.78, 5) is 24.8. The number of aryl methyl sites for hydroxylation is 1. The van der Waals surface area contributed by atoms with Gasteiger partial charge in [0.1, 0.15) is 6.54 Å². The zero-order valence-electron chi connectivity index (χ0n) is 11.8. The zero-order valence-corrected chi connectivity index (χ0v) is 11.8. The maximum atomic E-state index is 12.5. The molecular weight excluding hydrogens is 270 g/mol. The second-order valence-electron chi connectivity index (χ2n) is 4.61. The zero-order chi connectivity index (χ0) is 15.2. The van der Waals surface area contributed by atoms with Gasteiger partial charge >= 0.3 is 5.97 Å². The van der Waals surface area contributed by atoms with E-state index in [2.05, 4.69) is 5.10 Å². The van der Waals surface area contributed by atoms with E-state index in [0.29, 0.717) is 11.3 Å². The molecule has 0 atom stereocenters. The smallest absolute Gasteiger partial charge is 0.323 e. The van der Waals surface area contributed by atoms with Crippen LogP contribution in [0.5, 0.6) is 0 Å². The number of anilines is 1. The van der Waals surface area contributed by atoms with Gasteiger partial charge in [0.2, 0.25) is 0 Å². The first-order valence-corrected chi connectivity index (χ1v) is 6.73. The number of carbonyl (C=O) groups is 2. The summed E-state index contributed by atoms with van der Waals surface area (Å²) in [7, 11) is 0. The molecule has 1 aromatic carbocycles. The van der Waals surface area contributed by atoms with Gasteiger partial charge < -0.3 is 5.11 Å². The number of carboxylic acids is 1. The Morgan fingerprint density at radius 3 is 2.62 bits per heavy atom. The quantitative estimate of drug-likeness (QED) is 0.882. The van der Waals surface area contributed by atoms with Crippen molar-refractivity contribution in [3.63, 3.8) is 0 Å². The van der Waals surface area contributed by atoms with E-state index in [1.165, 1.54) is 11.1 Å². The van der Waals surface area contributed by atoms with Crippen LogP contribution in [0.2, 0.25) is 0 Å². The van der Waals surface area contributed by atoms with Crippen LogP contribution in [0.4, 0.5) is 5.69 Å². The molecule has 0 saturated carbocycles. The number of carbonyl (C=O) groups excluding carboxylic acids is 1. The van der Waals surface area contributed by atoms with Gasteiger partial charge in [0.15, 0.2) is 0 Å². The third kappa shape index (κ3) is 3.68. The number of carboxylic acid groups (broad SMARTS) is 1. The predicted octanol–water partition coefficient (Wildman–Crippen LogP) is 2.02. The van der Waals surface area contributed by atoms with Crippen molar-refractivity contribution in [1.29, 1.82) is 0 Å². The highest BCUT2D eigenvalue weighted by Gasteiger charge is 2.21. The molecule has 0 radical (unpaired) electrons. The van der Waals surface area contributed by atoms with Gasteiger partial charge in [-0.3, -0.25) is 19.2 Å².